The molecule has 0 unspecified atom stereocenters. The highest BCUT2D eigenvalue weighted by atomic mass is 15.3. The average Bonchev–Trinajstić information content (AvgIpc) is 3.10. The Bertz CT molecular complexity index is 987. The van der Waals surface area contributed by atoms with Gasteiger partial charge in [0.2, 0.25) is 5.95 Å². The van der Waals surface area contributed by atoms with Crippen molar-refractivity contribution in [2.24, 2.45) is 0 Å². The number of nitrogens with zero attached hydrogens (tertiary/aromatic N) is 5. The first-order valence-electron chi connectivity index (χ1n) is 9.92. The number of aryl methyl sites for hydroxylation is 3. The third kappa shape index (κ3) is 4.00. The van der Waals surface area contributed by atoms with Gasteiger partial charge >= 0.3 is 0 Å². The van der Waals surface area contributed by atoms with Gasteiger partial charge in [-0.3, -0.25) is 4.90 Å². The van der Waals surface area contributed by atoms with Gasteiger partial charge in [-0.25, -0.2) is 9.97 Å². The predicted molar refractivity (Wildman–Crippen MR) is 111 cm³/mol. The molecule has 6 heteroatoms. The van der Waals surface area contributed by atoms with Crippen LogP contribution in [-0.2, 0) is 6.42 Å². The maximum atomic E-state index is 9.13. The molecule has 2 aromatic heterocycles. The first-order chi connectivity index (χ1) is 13.6. The summed E-state index contributed by atoms with van der Waals surface area (Å²) in [4.78, 5) is 17.3. The summed E-state index contributed by atoms with van der Waals surface area (Å²) in [6.45, 7) is 9.18. The molecule has 0 radical (unpaired) electrons. The zero-order valence-corrected chi connectivity index (χ0v) is 16.6. The number of nitrogens with one attached hydrogen (secondary N) is 1. The van der Waals surface area contributed by atoms with E-state index in [1.807, 2.05) is 38.1 Å². The van der Waals surface area contributed by atoms with Gasteiger partial charge in [-0.05, 0) is 63.1 Å². The number of benzene rings is 1. The number of hydrogen-bond acceptors (Lipinski definition) is 5. The lowest BCUT2D eigenvalue weighted by molar-refractivity contribution is 0.254. The number of fused-ring (bicyclic) bond motifs is 1. The zero-order valence-electron chi connectivity index (χ0n) is 16.6. The minimum atomic E-state index is 0.720. The number of hydrogen-bond donors (Lipinski definition) is 1. The summed E-state index contributed by atoms with van der Waals surface area (Å²) in [5.41, 5.74) is 5.19. The second kappa shape index (κ2) is 7.99. The highest BCUT2D eigenvalue weighted by Gasteiger charge is 2.19. The van der Waals surface area contributed by atoms with Crippen molar-refractivity contribution in [3.05, 3.63) is 53.0 Å². The van der Waals surface area contributed by atoms with Crippen molar-refractivity contribution < 1.29 is 0 Å². The molecule has 4 rings (SSSR count). The van der Waals surface area contributed by atoms with E-state index in [0.29, 0.717) is 0 Å². The van der Waals surface area contributed by atoms with E-state index in [9.17, 15) is 0 Å². The fourth-order valence-corrected chi connectivity index (χ4v) is 3.97. The SMILES string of the molecule is Cc1cc(C)nc(N2CCN(CCCc3c[nH]c4ccc(C#N)cc34)CC2)n1. The number of nitriles is 1. The molecule has 0 spiro atoms. The number of aromatic nitrogens is 3. The van der Waals surface area contributed by atoms with E-state index in [1.165, 1.54) is 10.9 Å². The van der Waals surface area contributed by atoms with Crippen LogP contribution in [0.15, 0.2) is 30.5 Å². The smallest absolute Gasteiger partial charge is 0.225 e. The Kier molecular flexibility index (Phi) is 5.27. The largest absolute Gasteiger partial charge is 0.361 e. The average molecular weight is 374 g/mol. The highest BCUT2D eigenvalue weighted by molar-refractivity contribution is 5.84. The predicted octanol–water partition coefficient (Wildman–Crippen LogP) is 3.20. The van der Waals surface area contributed by atoms with Gasteiger partial charge < -0.3 is 9.88 Å². The van der Waals surface area contributed by atoms with Crippen LogP contribution in [-0.4, -0.2) is 52.6 Å². The molecule has 0 bridgehead atoms. The standard InChI is InChI=1S/C22H26N6/c1-16-12-17(2)26-22(25-16)28-10-8-27(9-11-28)7-3-4-19-15-24-21-6-5-18(14-23)13-20(19)21/h5-6,12-13,15,24H,3-4,7-11H2,1-2H3. The Morgan fingerprint density at radius 3 is 2.54 bits per heavy atom. The molecule has 1 saturated heterocycles. The van der Waals surface area contributed by atoms with Crippen molar-refractivity contribution in [3.63, 3.8) is 0 Å². The van der Waals surface area contributed by atoms with Crippen LogP contribution in [0.1, 0.15) is 28.9 Å². The molecule has 1 N–H and O–H groups in total. The molecule has 6 nitrogen and oxygen atoms in total. The molecule has 144 valence electrons. The molecule has 1 fully saturated rings. The van der Waals surface area contributed by atoms with Crippen LogP contribution in [0.5, 0.6) is 0 Å². The van der Waals surface area contributed by atoms with Crippen molar-refractivity contribution in [2.45, 2.75) is 26.7 Å². The Morgan fingerprint density at radius 2 is 1.82 bits per heavy atom. The third-order valence-corrected chi connectivity index (χ3v) is 5.44. The molecule has 1 aromatic carbocycles. The summed E-state index contributed by atoms with van der Waals surface area (Å²) >= 11 is 0. The van der Waals surface area contributed by atoms with Gasteiger partial charge in [0, 0.05) is 54.7 Å². The van der Waals surface area contributed by atoms with Crippen molar-refractivity contribution >= 4 is 16.9 Å². The number of H-pyrrole nitrogens is 1. The van der Waals surface area contributed by atoms with E-state index in [0.717, 1.165) is 74.0 Å². The Labute approximate surface area is 165 Å². The van der Waals surface area contributed by atoms with E-state index >= 15 is 0 Å². The van der Waals surface area contributed by atoms with E-state index in [4.69, 9.17) is 5.26 Å². The maximum absolute atomic E-state index is 9.13. The fraction of sp³-hybridized carbons (Fsp3) is 0.409. The van der Waals surface area contributed by atoms with Gasteiger partial charge in [0.1, 0.15) is 0 Å². The lowest BCUT2D eigenvalue weighted by Gasteiger charge is -2.34. The lowest BCUT2D eigenvalue weighted by Crippen LogP contribution is -2.47. The number of rotatable bonds is 5. The molecule has 1 aliphatic rings. The van der Waals surface area contributed by atoms with Gasteiger partial charge in [0.15, 0.2) is 0 Å². The van der Waals surface area contributed by atoms with E-state index in [-0.39, 0.29) is 0 Å². The zero-order chi connectivity index (χ0) is 19.5. The molecule has 3 aromatic rings. The third-order valence-electron chi connectivity index (χ3n) is 5.44. The summed E-state index contributed by atoms with van der Waals surface area (Å²) in [7, 11) is 0. The second-order valence-corrected chi connectivity index (χ2v) is 7.57. The van der Waals surface area contributed by atoms with Crippen molar-refractivity contribution in [1.82, 2.24) is 19.9 Å². The van der Waals surface area contributed by atoms with Crippen LogP contribution in [0, 0.1) is 25.2 Å². The normalized spacial score (nSPS) is 15.1. The summed E-state index contributed by atoms with van der Waals surface area (Å²) in [6, 6.07) is 10.1. The first-order valence-corrected chi connectivity index (χ1v) is 9.92. The van der Waals surface area contributed by atoms with E-state index in [2.05, 4.69) is 37.0 Å². The quantitative estimate of drug-likeness (QED) is 0.742. The van der Waals surface area contributed by atoms with Gasteiger partial charge in [0.25, 0.3) is 0 Å². The first kappa shape index (κ1) is 18.5. The van der Waals surface area contributed by atoms with Gasteiger partial charge in [-0.15, -0.1) is 0 Å². The number of aromatic amines is 1. The molecule has 0 atom stereocenters. The minimum Gasteiger partial charge on any atom is -0.361 e. The topological polar surface area (TPSA) is 71.8 Å². The molecule has 3 heterocycles. The Morgan fingerprint density at radius 1 is 1.07 bits per heavy atom. The summed E-state index contributed by atoms with van der Waals surface area (Å²) in [5.74, 6) is 0.865. The molecule has 1 aliphatic heterocycles. The molecule has 28 heavy (non-hydrogen) atoms. The molecular weight excluding hydrogens is 348 g/mol. The number of anilines is 1. The summed E-state index contributed by atoms with van der Waals surface area (Å²) < 4.78 is 0. The van der Waals surface area contributed by atoms with Gasteiger partial charge in [-0.1, -0.05) is 0 Å². The fourth-order valence-electron chi connectivity index (χ4n) is 3.97. The summed E-state index contributed by atoms with van der Waals surface area (Å²) in [6.07, 6.45) is 4.22. The van der Waals surface area contributed by atoms with E-state index < -0.39 is 0 Å². The molecule has 0 saturated carbocycles. The van der Waals surface area contributed by atoms with Gasteiger partial charge in [0.05, 0.1) is 11.6 Å². The van der Waals surface area contributed by atoms with Crippen LogP contribution >= 0.6 is 0 Å². The Hall–Kier alpha value is -2.91. The van der Waals surface area contributed by atoms with Crippen LogP contribution in [0.2, 0.25) is 0 Å². The highest BCUT2D eigenvalue weighted by Crippen LogP contribution is 2.21. The van der Waals surface area contributed by atoms with Crippen LogP contribution < -0.4 is 4.90 Å². The molecular formula is C22H26N6. The summed E-state index contributed by atoms with van der Waals surface area (Å²) in [5, 5.41) is 10.3. The maximum Gasteiger partial charge on any atom is 0.225 e. The van der Waals surface area contributed by atoms with Crippen LogP contribution in [0.4, 0.5) is 5.95 Å². The number of piperazine rings is 1. The second-order valence-electron chi connectivity index (χ2n) is 7.57. The van der Waals surface area contributed by atoms with Crippen LogP contribution in [0.3, 0.4) is 0 Å². The lowest BCUT2D eigenvalue weighted by atomic mass is 10.1. The molecule has 0 aliphatic carbocycles. The Balaban J connectivity index is 1.30. The van der Waals surface area contributed by atoms with Crippen molar-refractivity contribution in [2.75, 3.05) is 37.6 Å². The van der Waals surface area contributed by atoms with Crippen LogP contribution in [0.25, 0.3) is 10.9 Å². The van der Waals surface area contributed by atoms with Crippen molar-refractivity contribution in [1.29, 1.82) is 5.26 Å². The minimum absolute atomic E-state index is 0.720. The monoisotopic (exact) mass is 374 g/mol. The van der Waals surface area contributed by atoms with E-state index in [1.54, 1.807) is 0 Å². The molecule has 0 amide bonds. The van der Waals surface area contributed by atoms with Crippen molar-refractivity contribution in [3.8, 4) is 6.07 Å². The van der Waals surface area contributed by atoms with Gasteiger partial charge in [-0.2, -0.15) is 5.26 Å².